The Morgan fingerprint density at radius 3 is 1.53 bits per heavy atom. The van der Waals surface area contributed by atoms with Crippen LogP contribution in [-0.2, 0) is 16.2 Å². The van der Waals surface area contributed by atoms with Crippen molar-refractivity contribution in [2.75, 3.05) is 9.80 Å². The average Bonchev–Trinajstić information content (AvgIpc) is 4.04. The van der Waals surface area contributed by atoms with Crippen LogP contribution >= 0.6 is 22.7 Å². The first-order chi connectivity index (χ1) is 33.2. The summed E-state index contributed by atoms with van der Waals surface area (Å²) in [4.78, 5) is 7.74. The Morgan fingerprint density at radius 1 is 0.443 bits per heavy atom. The lowest BCUT2D eigenvalue weighted by Gasteiger charge is -2.45. The summed E-state index contributed by atoms with van der Waals surface area (Å²) in [6.45, 7) is 30.2. The van der Waals surface area contributed by atoms with E-state index in [9.17, 15) is 0 Å². The smallest absolute Gasteiger partial charge is 0.257 e. The Bertz CT molecular complexity index is 3690. The molecule has 0 radical (unpaired) electrons. The van der Waals surface area contributed by atoms with Crippen molar-refractivity contribution < 1.29 is 4.42 Å². The van der Waals surface area contributed by atoms with Gasteiger partial charge in [-0.1, -0.05) is 129 Å². The highest BCUT2D eigenvalue weighted by molar-refractivity contribution is 7.22. The third-order valence-corrected chi connectivity index (χ3v) is 17.5. The molecule has 3 aromatic heterocycles. The molecular weight excluding hydrogens is 888 g/mol. The molecule has 3 nitrogen and oxygen atoms in total. The van der Waals surface area contributed by atoms with Gasteiger partial charge in [0.2, 0.25) is 5.88 Å². The molecule has 0 atom stereocenters. The minimum Gasteiger partial charge on any atom is -0.440 e. The van der Waals surface area contributed by atoms with Crippen LogP contribution in [0.2, 0.25) is 0 Å². The van der Waals surface area contributed by atoms with Gasteiger partial charge in [-0.25, -0.2) is 0 Å². The van der Waals surface area contributed by atoms with Crippen molar-refractivity contribution in [1.29, 1.82) is 0 Å². The third kappa shape index (κ3) is 7.03. The summed E-state index contributed by atoms with van der Waals surface area (Å²) < 4.78 is 10.0. The SMILES string of the molecule is Cc1cc(C(C)(C)C)cc(C)c1N1c2cc(-c3cc4ccccc4s3)ccc2B2c3c1cc(C(C)(C)C)cc3N(c1c(C)cc(-c3cc4ccccc4s3)cc1C)c1oc3ccc(C(C)(C)C)cc3c12. The maximum absolute atomic E-state index is 7.42. The van der Waals surface area contributed by atoms with E-state index in [0.717, 1.165) is 11.5 Å². The quantitative estimate of drug-likeness (QED) is 0.164. The number of aryl methyl sites for hydroxylation is 4. The number of furan rings is 1. The van der Waals surface area contributed by atoms with E-state index in [2.05, 4.69) is 233 Å². The van der Waals surface area contributed by atoms with Crippen molar-refractivity contribution in [3.8, 4) is 20.9 Å². The van der Waals surface area contributed by atoms with Crippen LogP contribution in [0.3, 0.4) is 0 Å². The third-order valence-electron chi connectivity index (χ3n) is 15.1. The van der Waals surface area contributed by atoms with Gasteiger partial charge in [0, 0.05) is 47.1 Å². The molecule has 12 rings (SSSR count). The maximum Gasteiger partial charge on any atom is 0.257 e. The van der Waals surface area contributed by atoms with Crippen molar-refractivity contribution in [3.63, 3.8) is 0 Å². The number of rotatable bonds is 4. The van der Waals surface area contributed by atoms with Crippen LogP contribution < -0.4 is 26.2 Å². The monoisotopic (exact) mass is 948 g/mol. The summed E-state index contributed by atoms with van der Waals surface area (Å²) in [7, 11) is 0. The fraction of sp³-hybridized carbons (Fsp3) is 0.250. The van der Waals surface area contributed by atoms with Crippen LogP contribution in [0.4, 0.5) is 34.3 Å². The highest BCUT2D eigenvalue weighted by atomic mass is 32.1. The van der Waals surface area contributed by atoms with E-state index in [4.69, 9.17) is 4.42 Å². The Labute approximate surface area is 422 Å². The minimum atomic E-state index is -0.164. The van der Waals surface area contributed by atoms with E-state index in [0.29, 0.717) is 0 Å². The second kappa shape index (κ2) is 15.6. The highest BCUT2D eigenvalue weighted by Crippen LogP contribution is 2.52. The van der Waals surface area contributed by atoms with E-state index in [-0.39, 0.29) is 23.0 Å². The van der Waals surface area contributed by atoms with Crippen LogP contribution in [0.15, 0.2) is 138 Å². The van der Waals surface area contributed by atoms with Crippen molar-refractivity contribution in [2.24, 2.45) is 0 Å². The van der Waals surface area contributed by atoms with Crippen LogP contribution in [0.25, 0.3) is 52.0 Å². The molecular formula is C64H61BN2OS2. The van der Waals surface area contributed by atoms with E-state index >= 15 is 0 Å². The first-order valence-electron chi connectivity index (χ1n) is 24.9. The molecule has 0 saturated heterocycles. The number of benzene rings is 7. The fourth-order valence-corrected chi connectivity index (χ4v) is 13.6. The van der Waals surface area contributed by atoms with E-state index in [1.807, 2.05) is 22.7 Å². The summed E-state index contributed by atoms with van der Waals surface area (Å²) in [6, 6.07) is 51.2. The lowest BCUT2D eigenvalue weighted by atomic mass is 9.33. The van der Waals surface area contributed by atoms with Crippen LogP contribution in [0, 0.1) is 27.7 Å². The summed E-state index contributed by atoms with van der Waals surface area (Å²) in [5.41, 5.74) is 22.0. The molecule has 70 heavy (non-hydrogen) atoms. The van der Waals surface area contributed by atoms with Gasteiger partial charge in [-0.15, -0.1) is 22.7 Å². The fourth-order valence-electron chi connectivity index (χ4n) is 11.5. The van der Waals surface area contributed by atoms with Crippen LogP contribution in [0.5, 0.6) is 0 Å². The number of fused-ring (bicyclic) bond motifs is 8. The van der Waals surface area contributed by atoms with Crippen molar-refractivity contribution in [2.45, 2.75) is 106 Å². The molecule has 0 spiro atoms. The first kappa shape index (κ1) is 44.8. The van der Waals surface area contributed by atoms with Crippen molar-refractivity contribution in [1.82, 2.24) is 0 Å². The normalized spacial score (nSPS) is 13.7. The number of nitrogens with zero attached hydrogens (tertiary/aromatic N) is 2. The predicted molar refractivity (Wildman–Crippen MR) is 307 cm³/mol. The second-order valence-electron chi connectivity index (χ2n) is 23.3. The molecule has 0 bridgehead atoms. The topological polar surface area (TPSA) is 19.6 Å². The highest BCUT2D eigenvalue weighted by Gasteiger charge is 2.48. The molecule has 6 heteroatoms. The first-order valence-corrected chi connectivity index (χ1v) is 26.6. The number of anilines is 6. The zero-order valence-electron chi connectivity index (χ0n) is 42.9. The molecule has 5 heterocycles. The number of thiophene rings is 2. The molecule has 10 aromatic rings. The molecule has 0 N–H and O–H groups in total. The summed E-state index contributed by atoms with van der Waals surface area (Å²) in [5, 5.41) is 3.75. The zero-order chi connectivity index (χ0) is 48.9. The minimum absolute atomic E-state index is 0.00595. The van der Waals surface area contributed by atoms with Gasteiger partial charge in [0.1, 0.15) is 5.58 Å². The van der Waals surface area contributed by atoms with Crippen LogP contribution in [0.1, 0.15) is 101 Å². The predicted octanol–water partition coefficient (Wildman–Crippen LogP) is 17.4. The molecule has 0 saturated carbocycles. The molecule has 0 aliphatic carbocycles. The van der Waals surface area contributed by atoms with Gasteiger partial charge in [0.15, 0.2) is 0 Å². The molecule has 0 unspecified atom stereocenters. The largest absolute Gasteiger partial charge is 0.440 e. The molecule has 7 aromatic carbocycles. The van der Waals surface area contributed by atoms with Gasteiger partial charge >= 0.3 is 0 Å². The average molecular weight is 949 g/mol. The zero-order valence-corrected chi connectivity index (χ0v) is 44.5. The molecule has 348 valence electrons. The second-order valence-corrected chi connectivity index (χ2v) is 25.5. The number of hydrogen-bond donors (Lipinski definition) is 0. The van der Waals surface area contributed by atoms with Gasteiger partial charge in [-0.3, -0.25) is 4.90 Å². The lowest BCUT2D eigenvalue weighted by Crippen LogP contribution is -2.61. The van der Waals surface area contributed by atoms with E-state index in [1.54, 1.807) is 0 Å². The molecule has 0 fully saturated rings. The van der Waals surface area contributed by atoms with Crippen molar-refractivity contribution in [3.05, 3.63) is 172 Å². The summed E-state index contributed by atoms with van der Waals surface area (Å²) in [6.07, 6.45) is 0. The molecule has 2 aliphatic heterocycles. The molecule has 0 amide bonds. The lowest BCUT2D eigenvalue weighted by molar-refractivity contribution is 0.588. The van der Waals surface area contributed by atoms with E-state index in [1.165, 1.54) is 130 Å². The molecule has 2 aliphatic rings. The Hall–Kier alpha value is -6.34. The Balaban J connectivity index is 1.19. The van der Waals surface area contributed by atoms with Crippen LogP contribution in [-0.4, -0.2) is 6.71 Å². The van der Waals surface area contributed by atoms with Gasteiger partial charge < -0.3 is 9.32 Å². The van der Waals surface area contributed by atoms with Gasteiger partial charge in [-0.05, 0) is 182 Å². The van der Waals surface area contributed by atoms with Gasteiger partial charge in [0.05, 0.1) is 11.4 Å². The van der Waals surface area contributed by atoms with Crippen molar-refractivity contribution >= 4 is 111 Å². The Morgan fingerprint density at radius 2 is 0.957 bits per heavy atom. The Kier molecular flexibility index (Phi) is 9.98. The standard InChI is InChI=1S/C64H61BN2OS2/c1-36-26-43(56-32-41-19-15-17-21-54(41)70-56)27-37(2)60(36)67-51-35-46(64(11,12)13)34-50-58(51)65(57-47-33-44(62(5,6)7)23-25-52(47)68-61(57)67)48-24-22-42(55-31-40-18-14-16-20-53(40)69-55)30-49(48)66(50)59-38(3)28-45(29-39(59)4)63(8,9)10/h14-35H,1-13H3. The summed E-state index contributed by atoms with van der Waals surface area (Å²) in [5.74, 6) is 0.909. The van der Waals surface area contributed by atoms with Gasteiger partial charge in [0.25, 0.3) is 6.71 Å². The number of hydrogen-bond acceptors (Lipinski definition) is 5. The maximum atomic E-state index is 7.42. The van der Waals surface area contributed by atoms with E-state index < -0.39 is 0 Å². The summed E-state index contributed by atoms with van der Waals surface area (Å²) >= 11 is 3.75. The van der Waals surface area contributed by atoms with Gasteiger partial charge in [-0.2, -0.15) is 0 Å².